The van der Waals surface area contributed by atoms with E-state index in [0.717, 1.165) is 43.9 Å². The molecule has 5 heterocycles. The highest BCUT2D eigenvalue weighted by atomic mass is 32.1. The van der Waals surface area contributed by atoms with Crippen molar-refractivity contribution in [1.82, 2.24) is 19.8 Å². The molecule has 4 aliphatic rings. The van der Waals surface area contributed by atoms with Crippen molar-refractivity contribution >= 4 is 23.2 Å². The van der Waals surface area contributed by atoms with Gasteiger partial charge in [-0.05, 0) is 43.7 Å². The molecule has 9 heteroatoms. The first-order chi connectivity index (χ1) is 18.3. The Kier molecular flexibility index (Phi) is 6.81. The molecule has 2 aromatic rings. The standard InChI is InChI=1S/C29H38N4O4S/c1-19(37-14-21-5-4-6-24(31-21)20-7-9-36-10-8-20)23-13-32(27(35)25-12-30-18-38-25)15-29(23)16-33(17-29)26(34)22-11-28(22,2)3/h4-6,12,18-20,22-23H,7-11,13-17H2,1-3H3/t19?,22-,23+/m1/s1. The zero-order valence-electron chi connectivity index (χ0n) is 22.6. The highest BCUT2D eigenvalue weighted by Crippen LogP contribution is 2.55. The average molecular weight is 539 g/mol. The topological polar surface area (TPSA) is 84.9 Å². The number of hydrogen-bond acceptors (Lipinski definition) is 7. The van der Waals surface area contributed by atoms with Gasteiger partial charge in [0.15, 0.2) is 0 Å². The van der Waals surface area contributed by atoms with E-state index in [4.69, 9.17) is 14.5 Å². The summed E-state index contributed by atoms with van der Waals surface area (Å²) in [4.78, 5) is 40.0. The Labute approximate surface area is 228 Å². The number of nitrogens with zero attached hydrogens (tertiary/aromatic N) is 4. The molecule has 204 valence electrons. The van der Waals surface area contributed by atoms with Crippen molar-refractivity contribution < 1.29 is 19.1 Å². The van der Waals surface area contributed by atoms with E-state index >= 15 is 0 Å². The molecule has 3 aliphatic heterocycles. The van der Waals surface area contributed by atoms with Crippen molar-refractivity contribution in [2.24, 2.45) is 22.7 Å². The molecule has 1 saturated carbocycles. The lowest BCUT2D eigenvalue weighted by Gasteiger charge is -2.52. The van der Waals surface area contributed by atoms with Crippen LogP contribution in [0.2, 0.25) is 0 Å². The fraction of sp³-hybridized carbons (Fsp3) is 0.655. The quantitative estimate of drug-likeness (QED) is 0.530. The zero-order valence-corrected chi connectivity index (χ0v) is 23.4. The number of carbonyl (C=O) groups excluding carboxylic acids is 2. The highest BCUT2D eigenvalue weighted by Gasteiger charge is 2.61. The smallest absolute Gasteiger partial charge is 0.265 e. The van der Waals surface area contributed by atoms with E-state index in [1.165, 1.54) is 11.3 Å². The Morgan fingerprint density at radius 3 is 2.61 bits per heavy atom. The third-order valence-electron chi connectivity index (χ3n) is 9.30. The van der Waals surface area contributed by atoms with Crippen LogP contribution in [0.3, 0.4) is 0 Å². The molecule has 0 radical (unpaired) electrons. The molecule has 2 aromatic heterocycles. The van der Waals surface area contributed by atoms with E-state index in [1.54, 1.807) is 11.7 Å². The van der Waals surface area contributed by atoms with E-state index in [1.807, 2.05) is 15.9 Å². The van der Waals surface area contributed by atoms with Crippen molar-refractivity contribution in [2.75, 3.05) is 39.4 Å². The lowest BCUT2D eigenvalue weighted by molar-refractivity contribution is -0.151. The van der Waals surface area contributed by atoms with Crippen LogP contribution in [0.15, 0.2) is 29.9 Å². The number of amides is 2. The van der Waals surface area contributed by atoms with Crippen molar-refractivity contribution in [3.8, 4) is 0 Å². The Hall–Kier alpha value is -2.36. The van der Waals surface area contributed by atoms with Crippen LogP contribution in [0.25, 0.3) is 0 Å². The molecule has 1 aliphatic carbocycles. The molecule has 3 atom stereocenters. The predicted molar refractivity (Wildman–Crippen MR) is 144 cm³/mol. The van der Waals surface area contributed by atoms with Crippen LogP contribution in [-0.4, -0.2) is 77.1 Å². The van der Waals surface area contributed by atoms with Gasteiger partial charge in [-0.15, -0.1) is 11.3 Å². The number of rotatable bonds is 7. The van der Waals surface area contributed by atoms with E-state index in [-0.39, 0.29) is 40.6 Å². The molecule has 1 spiro atoms. The van der Waals surface area contributed by atoms with Gasteiger partial charge in [-0.1, -0.05) is 19.9 Å². The largest absolute Gasteiger partial charge is 0.381 e. The summed E-state index contributed by atoms with van der Waals surface area (Å²) in [5, 5.41) is 0. The molecular formula is C29H38N4O4S. The number of ether oxygens (including phenoxy) is 2. The second kappa shape index (κ2) is 9.99. The normalized spacial score (nSPS) is 26.8. The van der Waals surface area contributed by atoms with Crippen LogP contribution >= 0.6 is 11.3 Å². The maximum absolute atomic E-state index is 13.2. The van der Waals surface area contributed by atoms with Gasteiger partial charge in [0, 0.05) is 68.3 Å². The molecule has 8 nitrogen and oxygen atoms in total. The minimum atomic E-state index is -0.133. The average Bonchev–Trinajstić information content (AvgIpc) is 3.29. The van der Waals surface area contributed by atoms with E-state index in [9.17, 15) is 9.59 Å². The van der Waals surface area contributed by atoms with Crippen molar-refractivity contribution in [1.29, 1.82) is 0 Å². The van der Waals surface area contributed by atoms with Gasteiger partial charge in [0.05, 0.1) is 30.1 Å². The van der Waals surface area contributed by atoms with Gasteiger partial charge in [0.25, 0.3) is 5.91 Å². The summed E-state index contributed by atoms with van der Waals surface area (Å²) in [5.41, 5.74) is 3.74. The zero-order chi connectivity index (χ0) is 26.5. The molecular weight excluding hydrogens is 500 g/mol. The number of pyridine rings is 1. The van der Waals surface area contributed by atoms with Crippen molar-refractivity contribution in [2.45, 2.75) is 58.7 Å². The van der Waals surface area contributed by atoms with Gasteiger partial charge in [0.2, 0.25) is 5.91 Å². The van der Waals surface area contributed by atoms with Crippen LogP contribution in [0, 0.1) is 22.7 Å². The Balaban J connectivity index is 1.14. The molecule has 0 bridgehead atoms. The third-order valence-corrected chi connectivity index (χ3v) is 10.1. The van der Waals surface area contributed by atoms with Crippen LogP contribution < -0.4 is 0 Å². The number of aromatic nitrogens is 2. The van der Waals surface area contributed by atoms with Gasteiger partial charge < -0.3 is 19.3 Å². The molecule has 3 saturated heterocycles. The highest BCUT2D eigenvalue weighted by molar-refractivity contribution is 7.11. The van der Waals surface area contributed by atoms with Crippen molar-refractivity contribution in [3.63, 3.8) is 0 Å². The van der Waals surface area contributed by atoms with Crippen LogP contribution in [0.5, 0.6) is 0 Å². The number of likely N-dealkylation sites (tertiary alicyclic amines) is 2. The Bertz CT molecular complexity index is 1170. The van der Waals surface area contributed by atoms with E-state index in [0.29, 0.717) is 43.6 Å². The lowest BCUT2D eigenvalue weighted by Crippen LogP contribution is -2.64. The van der Waals surface area contributed by atoms with Crippen LogP contribution in [-0.2, 0) is 20.9 Å². The summed E-state index contributed by atoms with van der Waals surface area (Å²) in [6.45, 7) is 11.1. The fourth-order valence-electron chi connectivity index (χ4n) is 6.72. The number of hydrogen-bond donors (Lipinski definition) is 0. The van der Waals surface area contributed by atoms with Gasteiger partial charge in [-0.3, -0.25) is 19.6 Å². The van der Waals surface area contributed by atoms with Crippen LogP contribution in [0.1, 0.15) is 67.0 Å². The van der Waals surface area contributed by atoms with Crippen LogP contribution in [0.4, 0.5) is 0 Å². The maximum Gasteiger partial charge on any atom is 0.265 e. The molecule has 4 fully saturated rings. The predicted octanol–water partition coefficient (Wildman–Crippen LogP) is 3.98. The van der Waals surface area contributed by atoms with Gasteiger partial charge >= 0.3 is 0 Å². The second-order valence-electron chi connectivity index (χ2n) is 12.4. The van der Waals surface area contributed by atoms with E-state index in [2.05, 4.69) is 37.9 Å². The summed E-state index contributed by atoms with van der Waals surface area (Å²) in [6.07, 6.45) is 4.56. The summed E-state index contributed by atoms with van der Waals surface area (Å²) in [7, 11) is 0. The van der Waals surface area contributed by atoms with Gasteiger partial charge in [0.1, 0.15) is 4.88 Å². The number of thiazole rings is 1. The lowest BCUT2D eigenvalue weighted by atomic mass is 9.69. The minimum absolute atomic E-state index is 0.0282. The van der Waals surface area contributed by atoms with Gasteiger partial charge in [-0.2, -0.15) is 0 Å². The monoisotopic (exact) mass is 538 g/mol. The first-order valence-electron chi connectivity index (χ1n) is 13.9. The molecule has 2 amide bonds. The molecule has 1 unspecified atom stereocenters. The summed E-state index contributed by atoms with van der Waals surface area (Å²) in [6, 6.07) is 6.21. The second-order valence-corrected chi connectivity index (χ2v) is 13.3. The third kappa shape index (κ3) is 4.89. The molecule has 0 aromatic carbocycles. The van der Waals surface area contributed by atoms with Crippen molar-refractivity contribution in [3.05, 3.63) is 46.2 Å². The summed E-state index contributed by atoms with van der Waals surface area (Å²) >= 11 is 1.38. The first-order valence-corrected chi connectivity index (χ1v) is 14.8. The van der Waals surface area contributed by atoms with Gasteiger partial charge in [-0.25, -0.2) is 0 Å². The fourth-order valence-corrected chi connectivity index (χ4v) is 7.30. The summed E-state index contributed by atoms with van der Waals surface area (Å²) < 4.78 is 12.0. The first kappa shape index (κ1) is 25.9. The SMILES string of the molecule is CC(OCc1cccc(C2CCOCC2)n1)[C@@H]1CN(C(=O)c2cncs2)CC12CN(C(=O)[C@H]1CC1(C)C)C2. The Morgan fingerprint density at radius 1 is 1.18 bits per heavy atom. The maximum atomic E-state index is 13.2. The molecule has 0 N–H and O–H groups in total. The molecule has 6 rings (SSSR count). The Morgan fingerprint density at radius 2 is 1.92 bits per heavy atom. The number of carbonyl (C=O) groups is 2. The van der Waals surface area contributed by atoms with E-state index < -0.39 is 0 Å². The minimum Gasteiger partial charge on any atom is -0.381 e. The molecule has 38 heavy (non-hydrogen) atoms. The summed E-state index contributed by atoms with van der Waals surface area (Å²) in [5.74, 6) is 1.03.